The van der Waals surface area contributed by atoms with Crippen LogP contribution in [0.4, 0.5) is 8.78 Å². The zero-order valence-electron chi connectivity index (χ0n) is 20.3. The largest absolute Gasteiger partial charge is 0.282 e. The zero-order valence-corrected chi connectivity index (χ0v) is 21.1. The maximum atomic E-state index is 15.3. The lowest BCUT2D eigenvalue weighted by Gasteiger charge is -2.38. The van der Waals surface area contributed by atoms with E-state index in [0.29, 0.717) is 5.56 Å². The molecular formula is C28H22ClF2N5O2. The molecule has 2 aromatic carbocycles. The minimum Gasteiger partial charge on any atom is -0.282 e. The number of rotatable bonds is 4. The molecule has 10 heteroatoms. The first-order chi connectivity index (χ1) is 18.3. The molecule has 2 atom stereocenters. The normalized spacial score (nSPS) is 18.7. The number of hydrogen-bond acceptors (Lipinski definition) is 5. The van der Waals surface area contributed by atoms with E-state index in [0.717, 1.165) is 15.8 Å². The lowest BCUT2D eigenvalue weighted by molar-refractivity contribution is -0.147. The SMILES string of the molecule is CC(=O)N(Cc1cccc(Cl)c1F)C(=O)C1(C#Cc2cncnc2)CC(F)CN1n1ccc2ccccc21. The van der Waals surface area contributed by atoms with Crippen molar-refractivity contribution in [2.24, 2.45) is 0 Å². The van der Waals surface area contributed by atoms with Crippen molar-refractivity contribution >= 4 is 34.3 Å². The van der Waals surface area contributed by atoms with E-state index in [1.807, 2.05) is 30.3 Å². The Morgan fingerprint density at radius 2 is 1.92 bits per heavy atom. The number of nitrogens with zero attached hydrogens (tertiary/aromatic N) is 5. The molecule has 0 radical (unpaired) electrons. The summed E-state index contributed by atoms with van der Waals surface area (Å²) in [5.74, 6) is 3.71. The summed E-state index contributed by atoms with van der Waals surface area (Å²) < 4.78 is 31.7. The van der Waals surface area contributed by atoms with Gasteiger partial charge in [0.2, 0.25) is 5.91 Å². The number of hydrogen-bond donors (Lipinski definition) is 0. The fraction of sp³-hybridized carbons (Fsp3) is 0.214. The van der Waals surface area contributed by atoms with Crippen LogP contribution in [-0.2, 0) is 16.1 Å². The van der Waals surface area contributed by atoms with Gasteiger partial charge in [-0.3, -0.25) is 24.2 Å². The highest BCUT2D eigenvalue weighted by molar-refractivity contribution is 6.30. The average molecular weight is 534 g/mol. The first-order valence-electron chi connectivity index (χ1n) is 11.8. The van der Waals surface area contributed by atoms with Crippen molar-refractivity contribution in [3.63, 3.8) is 0 Å². The van der Waals surface area contributed by atoms with E-state index in [1.54, 1.807) is 10.9 Å². The second kappa shape index (κ2) is 10.2. The Kier molecular flexibility index (Phi) is 6.83. The zero-order chi connectivity index (χ0) is 26.9. The molecular weight excluding hydrogens is 512 g/mol. The van der Waals surface area contributed by atoms with Crippen LogP contribution < -0.4 is 5.01 Å². The lowest BCUT2D eigenvalue weighted by atomic mass is 9.94. The van der Waals surface area contributed by atoms with Gasteiger partial charge in [0.25, 0.3) is 5.91 Å². The second-order valence-electron chi connectivity index (χ2n) is 8.96. The molecule has 2 aromatic heterocycles. The van der Waals surface area contributed by atoms with E-state index in [-0.39, 0.29) is 23.6 Å². The molecule has 1 fully saturated rings. The molecule has 0 aliphatic carbocycles. The van der Waals surface area contributed by atoms with E-state index >= 15 is 4.39 Å². The summed E-state index contributed by atoms with van der Waals surface area (Å²) in [6, 6.07) is 13.6. The van der Waals surface area contributed by atoms with E-state index < -0.39 is 35.9 Å². The van der Waals surface area contributed by atoms with Gasteiger partial charge in [-0.25, -0.2) is 18.7 Å². The highest BCUT2D eigenvalue weighted by Crippen LogP contribution is 2.34. The van der Waals surface area contributed by atoms with Gasteiger partial charge in [0.1, 0.15) is 18.3 Å². The third-order valence-corrected chi connectivity index (χ3v) is 6.77. The number of aromatic nitrogens is 3. The summed E-state index contributed by atoms with van der Waals surface area (Å²) in [5.41, 5.74) is -0.598. The van der Waals surface area contributed by atoms with E-state index in [4.69, 9.17) is 11.6 Å². The summed E-state index contributed by atoms with van der Waals surface area (Å²) in [6.07, 6.45) is 4.28. The number of benzene rings is 2. The molecule has 2 amide bonds. The third kappa shape index (κ3) is 4.59. The molecule has 2 unspecified atom stereocenters. The van der Waals surface area contributed by atoms with E-state index in [2.05, 4.69) is 21.8 Å². The van der Waals surface area contributed by atoms with Crippen molar-refractivity contribution < 1.29 is 18.4 Å². The molecule has 0 saturated carbocycles. The minimum atomic E-state index is -1.79. The number of carbonyl (C=O) groups is 2. The van der Waals surface area contributed by atoms with E-state index in [1.165, 1.54) is 48.9 Å². The molecule has 0 spiro atoms. The quantitative estimate of drug-likeness (QED) is 0.366. The molecule has 7 nitrogen and oxygen atoms in total. The number of alkyl halides is 1. The van der Waals surface area contributed by atoms with Crippen LogP contribution in [0.5, 0.6) is 0 Å². The van der Waals surface area contributed by atoms with Crippen molar-refractivity contribution in [2.45, 2.75) is 31.6 Å². The van der Waals surface area contributed by atoms with Crippen LogP contribution in [0.25, 0.3) is 10.9 Å². The molecule has 0 bridgehead atoms. The van der Waals surface area contributed by atoms with Crippen molar-refractivity contribution in [1.29, 1.82) is 0 Å². The maximum Gasteiger partial charge on any atom is 0.269 e. The van der Waals surface area contributed by atoms with Gasteiger partial charge in [0.05, 0.1) is 29.2 Å². The molecule has 0 N–H and O–H groups in total. The number of carbonyl (C=O) groups excluding carboxylic acids is 2. The summed E-state index contributed by atoms with van der Waals surface area (Å²) in [4.78, 5) is 35.9. The van der Waals surface area contributed by atoms with Crippen molar-refractivity contribution in [3.05, 3.63) is 95.4 Å². The Morgan fingerprint density at radius 1 is 1.16 bits per heavy atom. The van der Waals surface area contributed by atoms with Crippen molar-refractivity contribution in [1.82, 2.24) is 19.5 Å². The van der Waals surface area contributed by atoms with Crippen molar-refractivity contribution in [3.8, 4) is 11.8 Å². The Labute approximate surface area is 222 Å². The molecule has 38 heavy (non-hydrogen) atoms. The summed E-state index contributed by atoms with van der Waals surface area (Å²) >= 11 is 5.94. The van der Waals surface area contributed by atoms with Crippen LogP contribution in [0.3, 0.4) is 0 Å². The Morgan fingerprint density at radius 3 is 2.68 bits per heavy atom. The van der Waals surface area contributed by atoms with Gasteiger partial charge in [0, 0.05) is 42.9 Å². The molecule has 1 saturated heterocycles. The van der Waals surface area contributed by atoms with Gasteiger partial charge in [0.15, 0.2) is 5.54 Å². The highest BCUT2D eigenvalue weighted by atomic mass is 35.5. The monoisotopic (exact) mass is 533 g/mol. The lowest BCUT2D eigenvalue weighted by Crippen LogP contribution is -2.60. The van der Waals surface area contributed by atoms with Gasteiger partial charge in [-0.1, -0.05) is 53.8 Å². The first-order valence-corrected chi connectivity index (χ1v) is 12.2. The van der Waals surface area contributed by atoms with Crippen LogP contribution in [0.2, 0.25) is 5.02 Å². The van der Waals surface area contributed by atoms with Gasteiger partial charge < -0.3 is 0 Å². The number of imide groups is 1. The number of amides is 2. The fourth-order valence-electron chi connectivity index (χ4n) is 4.68. The molecule has 4 aromatic rings. The minimum absolute atomic E-state index is 0.0494. The highest BCUT2D eigenvalue weighted by Gasteiger charge is 2.54. The molecule has 1 aliphatic rings. The van der Waals surface area contributed by atoms with Gasteiger partial charge in [-0.2, -0.15) is 0 Å². The van der Waals surface area contributed by atoms with E-state index in [9.17, 15) is 14.0 Å². The van der Waals surface area contributed by atoms with Gasteiger partial charge >= 0.3 is 0 Å². The average Bonchev–Trinajstić information content (AvgIpc) is 3.49. The smallest absolute Gasteiger partial charge is 0.269 e. The van der Waals surface area contributed by atoms with Crippen LogP contribution >= 0.6 is 11.6 Å². The molecule has 192 valence electrons. The predicted molar refractivity (Wildman–Crippen MR) is 139 cm³/mol. The number of para-hydroxylation sites is 1. The van der Waals surface area contributed by atoms with Crippen LogP contribution in [0.1, 0.15) is 24.5 Å². The van der Waals surface area contributed by atoms with Crippen LogP contribution in [-0.4, -0.2) is 49.6 Å². The Hall–Kier alpha value is -4.29. The topological polar surface area (TPSA) is 71.3 Å². The Bertz CT molecular complexity index is 1580. The first kappa shape index (κ1) is 25.4. The standard InChI is InChI=1S/C28H22ClF2N5O2/c1-19(37)34(16-22-6-4-7-24(29)26(22)31)27(38)28(11-9-20-14-32-18-33-15-20)13-23(30)17-36(28)35-12-10-21-5-2-3-8-25(21)35/h2-8,10,12,14-15,18,23H,13,16-17H2,1H3. The van der Waals surface area contributed by atoms with Crippen LogP contribution in [0.15, 0.2) is 73.4 Å². The number of halogens is 3. The maximum absolute atomic E-state index is 15.3. The molecule has 5 rings (SSSR count). The van der Waals surface area contributed by atoms with Crippen LogP contribution in [0, 0.1) is 17.7 Å². The molecule has 3 heterocycles. The van der Waals surface area contributed by atoms with Gasteiger partial charge in [-0.05, 0) is 18.2 Å². The summed E-state index contributed by atoms with van der Waals surface area (Å²) in [5, 5.41) is 2.27. The number of fused-ring (bicyclic) bond motifs is 1. The molecule has 1 aliphatic heterocycles. The second-order valence-corrected chi connectivity index (χ2v) is 9.37. The Balaban J connectivity index is 1.66. The summed E-state index contributed by atoms with van der Waals surface area (Å²) in [6.45, 7) is 0.654. The predicted octanol–water partition coefficient (Wildman–Crippen LogP) is 4.27. The fourth-order valence-corrected chi connectivity index (χ4v) is 4.88. The van der Waals surface area contributed by atoms with Crippen molar-refractivity contribution in [2.75, 3.05) is 11.6 Å². The summed E-state index contributed by atoms with van der Waals surface area (Å²) in [7, 11) is 0. The van der Waals surface area contributed by atoms with Gasteiger partial charge in [-0.15, -0.1) is 0 Å². The third-order valence-electron chi connectivity index (χ3n) is 6.48.